The Morgan fingerprint density at radius 1 is 1.03 bits per heavy atom. The summed E-state index contributed by atoms with van der Waals surface area (Å²) in [5, 5.41) is 0. The first-order valence-corrected chi connectivity index (χ1v) is 10.4. The number of benzene rings is 2. The highest BCUT2D eigenvalue weighted by Gasteiger charge is 2.30. The maximum absolute atomic E-state index is 12.8. The fourth-order valence-electron chi connectivity index (χ4n) is 4.50. The van der Waals surface area contributed by atoms with Crippen molar-refractivity contribution < 1.29 is 4.79 Å². The van der Waals surface area contributed by atoms with Gasteiger partial charge >= 0.3 is 0 Å². The highest BCUT2D eigenvalue weighted by Crippen LogP contribution is 2.36. The number of para-hydroxylation sites is 1. The minimum atomic E-state index is 0.151. The largest absolute Gasteiger partial charge is 0.310 e. The van der Waals surface area contributed by atoms with Gasteiger partial charge in [-0.25, -0.2) is 9.97 Å². The standard InChI is InChI=1S/C25H25N3O/c1-16(2)17-7-9-18(10-8-17)20-13-22-21(24(29)14-20)15-26-25(27-22)28-12-11-19-5-3-4-6-23(19)28/h3-10,15-16,20H,11-14H2,1-2H3/t20-/m0/s1. The molecule has 1 aliphatic heterocycles. The van der Waals surface area contributed by atoms with E-state index in [-0.39, 0.29) is 11.7 Å². The lowest BCUT2D eigenvalue weighted by Gasteiger charge is -2.25. The number of rotatable bonds is 3. The molecule has 0 amide bonds. The van der Waals surface area contributed by atoms with Crippen LogP contribution in [0.1, 0.15) is 64.8 Å². The van der Waals surface area contributed by atoms with Crippen molar-refractivity contribution in [2.75, 3.05) is 11.4 Å². The van der Waals surface area contributed by atoms with Crippen LogP contribution in [0.2, 0.25) is 0 Å². The minimum absolute atomic E-state index is 0.151. The molecule has 4 heteroatoms. The molecule has 1 aliphatic carbocycles. The van der Waals surface area contributed by atoms with Gasteiger partial charge in [0.05, 0.1) is 11.3 Å². The number of Topliss-reactive ketones (excluding diaryl/α,β-unsaturated/α-hetero) is 1. The van der Waals surface area contributed by atoms with Crippen molar-refractivity contribution in [1.82, 2.24) is 9.97 Å². The summed E-state index contributed by atoms with van der Waals surface area (Å²) in [7, 11) is 0. The number of hydrogen-bond donors (Lipinski definition) is 0. The first-order valence-electron chi connectivity index (χ1n) is 10.4. The average Bonchev–Trinajstić information content (AvgIpc) is 3.17. The number of ketones is 1. The molecule has 2 heterocycles. The summed E-state index contributed by atoms with van der Waals surface area (Å²) < 4.78 is 0. The first-order chi connectivity index (χ1) is 14.1. The molecule has 0 saturated heterocycles. The van der Waals surface area contributed by atoms with Crippen molar-refractivity contribution in [3.05, 3.63) is 82.7 Å². The van der Waals surface area contributed by atoms with Gasteiger partial charge < -0.3 is 4.90 Å². The minimum Gasteiger partial charge on any atom is -0.310 e. The maximum Gasteiger partial charge on any atom is 0.230 e. The van der Waals surface area contributed by atoms with Crippen molar-refractivity contribution in [1.29, 1.82) is 0 Å². The van der Waals surface area contributed by atoms with Gasteiger partial charge in [-0.3, -0.25) is 4.79 Å². The molecule has 0 fully saturated rings. The number of anilines is 2. The van der Waals surface area contributed by atoms with Crippen LogP contribution in [-0.2, 0) is 12.8 Å². The molecular weight excluding hydrogens is 358 g/mol. The number of nitrogens with zero attached hydrogens (tertiary/aromatic N) is 3. The van der Waals surface area contributed by atoms with Crippen LogP contribution in [0.25, 0.3) is 0 Å². The zero-order valence-corrected chi connectivity index (χ0v) is 16.9. The van der Waals surface area contributed by atoms with E-state index in [1.54, 1.807) is 6.20 Å². The number of aromatic nitrogens is 2. The lowest BCUT2D eigenvalue weighted by Crippen LogP contribution is -2.23. The van der Waals surface area contributed by atoms with Crippen molar-refractivity contribution in [3.63, 3.8) is 0 Å². The molecule has 146 valence electrons. The third-order valence-corrected chi connectivity index (χ3v) is 6.23. The summed E-state index contributed by atoms with van der Waals surface area (Å²) in [6, 6.07) is 17.1. The smallest absolute Gasteiger partial charge is 0.230 e. The van der Waals surface area contributed by atoms with Gasteiger partial charge in [0.25, 0.3) is 0 Å². The van der Waals surface area contributed by atoms with Gasteiger partial charge in [0, 0.05) is 24.8 Å². The second-order valence-corrected chi connectivity index (χ2v) is 8.41. The Hall–Kier alpha value is -3.01. The van der Waals surface area contributed by atoms with Crippen molar-refractivity contribution in [3.8, 4) is 0 Å². The zero-order chi connectivity index (χ0) is 20.0. The summed E-state index contributed by atoms with van der Waals surface area (Å²) in [5.41, 5.74) is 6.63. The van der Waals surface area contributed by atoms with E-state index >= 15 is 0 Å². The Labute approximate surface area is 171 Å². The van der Waals surface area contributed by atoms with Gasteiger partial charge in [0.1, 0.15) is 0 Å². The third-order valence-electron chi connectivity index (χ3n) is 6.23. The molecule has 0 radical (unpaired) electrons. The van der Waals surface area contributed by atoms with Crippen LogP contribution in [0.3, 0.4) is 0 Å². The predicted molar refractivity (Wildman–Crippen MR) is 115 cm³/mol. The van der Waals surface area contributed by atoms with E-state index in [0.29, 0.717) is 23.9 Å². The summed E-state index contributed by atoms with van der Waals surface area (Å²) in [6.45, 7) is 5.28. The quantitative estimate of drug-likeness (QED) is 0.623. The molecule has 0 N–H and O–H groups in total. The molecule has 1 aromatic heterocycles. The van der Waals surface area contributed by atoms with E-state index in [0.717, 1.165) is 25.1 Å². The lowest BCUT2D eigenvalue weighted by molar-refractivity contribution is 0.0962. The summed E-state index contributed by atoms with van der Waals surface area (Å²) in [5.74, 6) is 1.55. The second-order valence-electron chi connectivity index (χ2n) is 8.41. The molecular formula is C25H25N3O. The number of carbonyl (C=O) groups is 1. The predicted octanol–water partition coefficient (Wildman–Crippen LogP) is 5.21. The first kappa shape index (κ1) is 18.0. The van der Waals surface area contributed by atoms with E-state index < -0.39 is 0 Å². The van der Waals surface area contributed by atoms with Crippen LogP contribution >= 0.6 is 0 Å². The highest BCUT2D eigenvalue weighted by molar-refractivity contribution is 5.98. The topological polar surface area (TPSA) is 46.1 Å². The fraction of sp³-hybridized carbons (Fsp3) is 0.320. The Morgan fingerprint density at radius 3 is 2.62 bits per heavy atom. The molecule has 2 aliphatic rings. The molecule has 0 unspecified atom stereocenters. The van der Waals surface area contributed by atoms with Gasteiger partial charge in [-0.2, -0.15) is 0 Å². The summed E-state index contributed by atoms with van der Waals surface area (Å²) >= 11 is 0. The summed E-state index contributed by atoms with van der Waals surface area (Å²) in [4.78, 5) is 24.4. The van der Waals surface area contributed by atoms with Gasteiger partial charge in [-0.1, -0.05) is 56.3 Å². The van der Waals surface area contributed by atoms with E-state index in [9.17, 15) is 4.79 Å². The van der Waals surface area contributed by atoms with Gasteiger partial charge in [0.2, 0.25) is 5.95 Å². The molecule has 29 heavy (non-hydrogen) atoms. The zero-order valence-electron chi connectivity index (χ0n) is 16.9. The fourth-order valence-corrected chi connectivity index (χ4v) is 4.50. The molecule has 3 aromatic rings. The van der Waals surface area contributed by atoms with E-state index in [1.165, 1.54) is 22.4 Å². The van der Waals surface area contributed by atoms with Crippen molar-refractivity contribution >= 4 is 17.4 Å². The van der Waals surface area contributed by atoms with Gasteiger partial charge in [0.15, 0.2) is 5.78 Å². The molecule has 0 bridgehead atoms. The van der Waals surface area contributed by atoms with Gasteiger partial charge in [-0.15, -0.1) is 0 Å². The Kier molecular flexibility index (Phi) is 4.42. The molecule has 2 aromatic carbocycles. The third kappa shape index (κ3) is 3.23. The monoisotopic (exact) mass is 383 g/mol. The van der Waals surface area contributed by atoms with Crippen LogP contribution in [0.5, 0.6) is 0 Å². The SMILES string of the molecule is CC(C)c1ccc([C@@H]2CC(=O)c3cnc(N4CCc5ccccc54)nc3C2)cc1. The van der Waals surface area contributed by atoms with E-state index in [2.05, 4.69) is 72.3 Å². The van der Waals surface area contributed by atoms with Crippen molar-refractivity contribution in [2.24, 2.45) is 0 Å². The van der Waals surface area contributed by atoms with Crippen LogP contribution in [0, 0.1) is 0 Å². The van der Waals surface area contributed by atoms with Gasteiger partial charge in [-0.05, 0) is 47.4 Å². The Morgan fingerprint density at radius 2 is 1.83 bits per heavy atom. The molecule has 0 spiro atoms. The Balaban J connectivity index is 1.45. The van der Waals surface area contributed by atoms with E-state index in [1.807, 2.05) is 0 Å². The van der Waals surface area contributed by atoms with Crippen LogP contribution in [0.4, 0.5) is 11.6 Å². The number of fused-ring (bicyclic) bond motifs is 2. The highest BCUT2D eigenvalue weighted by atomic mass is 16.1. The average molecular weight is 383 g/mol. The van der Waals surface area contributed by atoms with Crippen LogP contribution in [-0.4, -0.2) is 22.3 Å². The molecule has 4 nitrogen and oxygen atoms in total. The second kappa shape index (κ2) is 7.11. The number of carbonyl (C=O) groups excluding carboxylic acids is 1. The molecule has 1 atom stereocenters. The molecule has 5 rings (SSSR count). The maximum atomic E-state index is 12.8. The molecule has 0 saturated carbocycles. The Bertz CT molecular complexity index is 1070. The normalized spacial score (nSPS) is 18.1. The lowest BCUT2D eigenvalue weighted by atomic mass is 9.81. The van der Waals surface area contributed by atoms with E-state index in [4.69, 9.17) is 4.98 Å². The number of hydrogen-bond acceptors (Lipinski definition) is 4. The van der Waals surface area contributed by atoms with Crippen molar-refractivity contribution in [2.45, 2.75) is 44.9 Å². The van der Waals surface area contributed by atoms with Crippen LogP contribution in [0.15, 0.2) is 54.7 Å². The van der Waals surface area contributed by atoms with Crippen LogP contribution < -0.4 is 4.90 Å². The summed E-state index contributed by atoms with van der Waals surface area (Å²) in [6.07, 6.45) is 4.05.